The minimum Gasteiger partial charge on any atom is -0.437 e. The number of hydrogen-bond donors (Lipinski definition) is 1. The lowest BCUT2D eigenvalue weighted by Crippen LogP contribution is -2.01. The number of benzene rings is 2. The molecule has 3 rings (SSSR count). The summed E-state index contributed by atoms with van der Waals surface area (Å²) in [6.45, 7) is 4.64. The van der Waals surface area contributed by atoms with Crippen LogP contribution in [-0.2, 0) is 6.54 Å². The topological polar surface area (TPSA) is 76.9 Å². The Labute approximate surface area is 140 Å². The van der Waals surface area contributed by atoms with Gasteiger partial charge in [-0.05, 0) is 43.7 Å². The molecule has 0 aliphatic carbocycles. The molecule has 24 heavy (non-hydrogen) atoms. The van der Waals surface area contributed by atoms with Crippen LogP contribution in [-0.4, -0.2) is 9.78 Å². The lowest BCUT2D eigenvalue weighted by molar-refractivity contribution is 0.418. The molecular weight excluding hydrogens is 300 g/mol. The third-order valence-corrected chi connectivity index (χ3v) is 3.71. The van der Waals surface area contributed by atoms with Gasteiger partial charge < -0.3 is 10.5 Å². The van der Waals surface area contributed by atoms with Crippen LogP contribution in [0.4, 0.5) is 5.69 Å². The van der Waals surface area contributed by atoms with Crippen molar-refractivity contribution >= 4 is 5.69 Å². The van der Waals surface area contributed by atoms with Gasteiger partial charge in [-0.3, -0.25) is 0 Å². The van der Waals surface area contributed by atoms with Crippen molar-refractivity contribution in [3.05, 3.63) is 59.7 Å². The second kappa shape index (κ2) is 6.47. The predicted molar refractivity (Wildman–Crippen MR) is 93.7 cm³/mol. The molecule has 0 atom stereocenters. The first-order valence-corrected chi connectivity index (χ1v) is 7.73. The van der Waals surface area contributed by atoms with Crippen LogP contribution in [0.15, 0.2) is 48.5 Å². The molecule has 0 saturated heterocycles. The fourth-order valence-electron chi connectivity index (χ4n) is 2.47. The van der Waals surface area contributed by atoms with Gasteiger partial charge in [0.2, 0.25) is 5.88 Å². The maximum absolute atomic E-state index is 9.05. The lowest BCUT2D eigenvalue weighted by atomic mass is 10.1. The third-order valence-electron chi connectivity index (χ3n) is 3.71. The van der Waals surface area contributed by atoms with E-state index in [9.17, 15) is 0 Å². The first kappa shape index (κ1) is 15.6. The number of nitriles is 1. The molecule has 0 radical (unpaired) electrons. The standard InChI is InChI=1S/C19H18N4O/c1-3-23-19(24-18-8-7-13(2)9-16(18)21)11-17(22-23)15-6-4-5-14(10-15)12-20/h4-11H,3,21H2,1-2H3. The Kier molecular flexibility index (Phi) is 4.21. The predicted octanol–water partition coefficient (Wildman–Crippen LogP) is 4.12. The van der Waals surface area contributed by atoms with Crippen molar-refractivity contribution in [1.82, 2.24) is 9.78 Å². The molecular formula is C19H18N4O. The number of nitrogens with zero attached hydrogens (tertiary/aromatic N) is 3. The molecule has 2 N–H and O–H groups in total. The van der Waals surface area contributed by atoms with Crippen LogP contribution in [0.5, 0.6) is 11.6 Å². The molecule has 0 aliphatic rings. The molecule has 3 aromatic rings. The van der Waals surface area contributed by atoms with Crippen molar-refractivity contribution < 1.29 is 4.74 Å². The van der Waals surface area contributed by atoms with Crippen LogP contribution >= 0.6 is 0 Å². The molecule has 5 heteroatoms. The van der Waals surface area contributed by atoms with E-state index in [1.807, 2.05) is 56.3 Å². The van der Waals surface area contributed by atoms with Gasteiger partial charge in [-0.2, -0.15) is 10.4 Å². The Morgan fingerprint density at radius 2 is 2.04 bits per heavy atom. The Morgan fingerprint density at radius 3 is 2.75 bits per heavy atom. The zero-order valence-corrected chi connectivity index (χ0v) is 13.7. The van der Waals surface area contributed by atoms with E-state index < -0.39 is 0 Å². The summed E-state index contributed by atoms with van der Waals surface area (Å²) in [6.07, 6.45) is 0. The fraction of sp³-hybridized carbons (Fsp3) is 0.158. The average molecular weight is 318 g/mol. The molecule has 1 heterocycles. The van der Waals surface area contributed by atoms with Gasteiger partial charge in [0, 0.05) is 18.2 Å². The second-order valence-corrected chi connectivity index (χ2v) is 5.52. The van der Waals surface area contributed by atoms with Gasteiger partial charge in [-0.25, -0.2) is 4.68 Å². The van der Waals surface area contributed by atoms with Crippen molar-refractivity contribution in [2.24, 2.45) is 0 Å². The summed E-state index contributed by atoms with van der Waals surface area (Å²) in [6, 6.07) is 17.0. The minimum atomic E-state index is 0.590. The number of nitrogen functional groups attached to an aromatic ring is 1. The highest BCUT2D eigenvalue weighted by atomic mass is 16.5. The zero-order chi connectivity index (χ0) is 17.1. The number of anilines is 1. The highest BCUT2D eigenvalue weighted by Gasteiger charge is 2.12. The van der Waals surface area contributed by atoms with Gasteiger partial charge in [0.1, 0.15) is 0 Å². The Bertz CT molecular complexity index is 921. The van der Waals surface area contributed by atoms with Crippen LogP contribution in [0.25, 0.3) is 11.3 Å². The molecule has 0 bridgehead atoms. The quantitative estimate of drug-likeness (QED) is 0.734. The first-order chi connectivity index (χ1) is 11.6. The number of rotatable bonds is 4. The molecule has 0 aliphatic heterocycles. The van der Waals surface area contributed by atoms with E-state index in [2.05, 4.69) is 11.2 Å². The molecule has 5 nitrogen and oxygen atoms in total. The summed E-state index contributed by atoms with van der Waals surface area (Å²) in [5.41, 5.74) is 9.93. The van der Waals surface area contributed by atoms with Crippen molar-refractivity contribution in [2.45, 2.75) is 20.4 Å². The van der Waals surface area contributed by atoms with Gasteiger partial charge in [0.25, 0.3) is 0 Å². The van der Waals surface area contributed by atoms with Crippen LogP contribution in [0.3, 0.4) is 0 Å². The molecule has 1 aromatic heterocycles. The molecule has 0 spiro atoms. The van der Waals surface area contributed by atoms with Crippen LogP contribution in [0.1, 0.15) is 18.1 Å². The van der Waals surface area contributed by atoms with Gasteiger partial charge in [-0.15, -0.1) is 0 Å². The molecule has 0 saturated carbocycles. The van der Waals surface area contributed by atoms with E-state index in [0.717, 1.165) is 16.8 Å². The number of ether oxygens (including phenoxy) is 1. The van der Waals surface area contributed by atoms with E-state index in [4.69, 9.17) is 15.7 Å². The SMILES string of the molecule is CCn1nc(-c2cccc(C#N)c2)cc1Oc1ccc(C)cc1N. The van der Waals surface area contributed by atoms with Gasteiger partial charge in [0.15, 0.2) is 5.75 Å². The van der Waals surface area contributed by atoms with E-state index in [-0.39, 0.29) is 0 Å². The summed E-state index contributed by atoms with van der Waals surface area (Å²) in [4.78, 5) is 0. The molecule has 0 fully saturated rings. The zero-order valence-electron chi connectivity index (χ0n) is 13.7. The summed E-state index contributed by atoms with van der Waals surface area (Å²) in [5, 5.41) is 13.6. The largest absolute Gasteiger partial charge is 0.437 e. The number of nitrogens with two attached hydrogens (primary N) is 1. The van der Waals surface area contributed by atoms with E-state index in [1.165, 1.54) is 0 Å². The van der Waals surface area contributed by atoms with E-state index in [1.54, 1.807) is 10.7 Å². The second-order valence-electron chi connectivity index (χ2n) is 5.52. The highest BCUT2D eigenvalue weighted by Crippen LogP contribution is 2.31. The molecule has 0 amide bonds. The van der Waals surface area contributed by atoms with Crippen molar-refractivity contribution in [3.63, 3.8) is 0 Å². The summed E-state index contributed by atoms with van der Waals surface area (Å²) in [7, 11) is 0. The Morgan fingerprint density at radius 1 is 1.21 bits per heavy atom. The van der Waals surface area contributed by atoms with Crippen molar-refractivity contribution in [1.29, 1.82) is 5.26 Å². The Hall–Kier alpha value is -3.26. The molecule has 2 aromatic carbocycles. The maximum Gasteiger partial charge on any atom is 0.218 e. The van der Waals surface area contributed by atoms with Crippen molar-refractivity contribution in [3.8, 4) is 29.0 Å². The number of hydrogen-bond acceptors (Lipinski definition) is 4. The van der Waals surface area contributed by atoms with Crippen LogP contribution in [0, 0.1) is 18.3 Å². The summed E-state index contributed by atoms with van der Waals surface area (Å²) < 4.78 is 7.73. The fourth-order valence-corrected chi connectivity index (χ4v) is 2.47. The maximum atomic E-state index is 9.05. The Balaban J connectivity index is 1.97. The third kappa shape index (κ3) is 3.08. The van der Waals surface area contributed by atoms with Gasteiger partial charge in [0.05, 0.1) is 23.0 Å². The van der Waals surface area contributed by atoms with E-state index >= 15 is 0 Å². The van der Waals surface area contributed by atoms with Crippen LogP contribution in [0.2, 0.25) is 0 Å². The van der Waals surface area contributed by atoms with E-state index in [0.29, 0.717) is 29.4 Å². The first-order valence-electron chi connectivity index (χ1n) is 7.73. The smallest absolute Gasteiger partial charge is 0.218 e. The normalized spacial score (nSPS) is 10.4. The lowest BCUT2D eigenvalue weighted by Gasteiger charge is -2.09. The molecule has 120 valence electrons. The summed E-state index contributed by atoms with van der Waals surface area (Å²) in [5.74, 6) is 1.22. The van der Waals surface area contributed by atoms with Gasteiger partial charge >= 0.3 is 0 Å². The minimum absolute atomic E-state index is 0.590. The monoisotopic (exact) mass is 318 g/mol. The van der Waals surface area contributed by atoms with Gasteiger partial charge in [-0.1, -0.05) is 18.2 Å². The number of aryl methyl sites for hydroxylation is 2. The average Bonchev–Trinajstić information content (AvgIpc) is 3.00. The van der Waals surface area contributed by atoms with Crippen molar-refractivity contribution in [2.75, 3.05) is 5.73 Å². The summed E-state index contributed by atoms with van der Waals surface area (Å²) >= 11 is 0. The highest BCUT2D eigenvalue weighted by molar-refractivity contribution is 5.63. The molecule has 0 unspecified atom stereocenters. The van der Waals surface area contributed by atoms with Crippen LogP contribution < -0.4 is 10.5 Å². The number of aromatic nitrogens is 2.